The maximum Gasteiger partial charge on any atom is 0.181 e. The van der Waals surface area contributed by atoms with Crippen molar-refractivity contribution < 1.29 is 0 Å². The smallest absolute Gasteiger partial charge is 0.181 e. The zero-order valence-corrected chi connectivity index (χ0v) is 12.4. The highest BCUT2D eigenvalue weighted by Gasteiger charge is 2.21. The van der Waals surface area contributed by atoms with Crippen LogP contribution in [0.2, 0.25) is 0 Å². The molecule has 0 radical (unpaired) electrons. The van der Waals surface area contributed by atoms with Crippen molar-refractivity contribution in [1.82, 2.24) is 14.8 Å². The van der Waals surface area contributed by atoms with Crippen molar-refractivity contribution in [3.05, 3.63) is 35.7 Å². The van der Waals surface area contributed by atoms with Gasteiger partial charge in [0, 0.05) is 12.1 Å². The summed E-state index contributed by atoms with van der Waals surface area (Å²) in [7, 11) is 0. The van der Waals surface area contributed by atoms with Gasteiger partial charge in [0.2, 0.25) is 0 Å². The Morgan fingerprint density at radius 3 is 2.50 bits per heavy atom. The Hall–Kier alpha value is -1.68. The standard InChI is InChI=1S/C16H22N4/c1-16(2,3)12-8-6-11(7-9-12)14-18-15-13(17)5-4-10-20(15)19-14/h6-9,13H,4-5,10,17H2,1-3H3. The van der Waals surface area contributed by atoms with Crippen LogP contribution in [0.1, 0.15) is 51.0 Å². The van der Waals surface area contributed by atoms with Gasteiger partial charge in [-0.15, -0.1) is 0 Å². The first-order chi connectivity index (χ1) is 9.45. The number of rotatable bonds is 1. The lowest BCUT2D eigenvalue weighted by atomic mass is 9.87. The number of nitrogens with two attached hydrogens (primary N) is 1. The van der Waals surface area contributed by atoms with Gasteiger partial charge in [-0.3, -0.25) is 0 Å². The lowest BCUT2D eigenvalue weighted by molar-refractivity contribution is 0.422. The van der Waals surface area contributed by atoms with Crippen molar-refractivity contribution in [2.45, 2.75) is 51.6 Å². The molecule has 1 aliphatic heterocycles. The Bertz CT molecular complexity index is 604. The minimum atomic E-state index is 0.0267. The molecule has 0 amide bonds. The first-order valence-corrected chi connectivity index (χ1v) is 7.26. The molecule has 2 aromatic rings. The highest BCUT2D eigenvalue weighted by molar-refractivity contribution is 5.55. The highest BCUT2D eigenvalue weighted by Crippen LogP contribution is 2.27. The van der Waals surface area contributed by atoms with Gasteiger partial charge < -0.3 is 5.73 Å². The second-order valence-electron chi connectivity index (χ2n) is 6.59. The van der Waals surface area contributed by atoms with Crippen molar-refractivity contribution in [2.24, 2.45) is 5.73 Å². The van der Waals surface area contributed by atoms with E-state index in [9.17, 15) is 0 Å². The number of nitrogens with zero attached hydrogens (tertiary/aromatic N) is 3. The molecule has 1 aromatic carbocycles. The van der Waals surface area contributed by atoms with Gasteiger partial charge in [-0.25, -0.2) is 9.67 Å². The molecule has 3 rings (SSSR count). The Morgan fingerprint density at radius 1 is 1.20 bits per heavy atom. The van der Waals surface area contributed by atoms with Crippen LogP contribution in [0.25, 0.3) is 11.4 Å². The van der Waals surface area contributed by atoms with Gasteiger partial charge in [-0.1, -0.05) is 45.0 Å². The number of hydrogen-bond donors (Lipinski definition) is 1. The maximum atomic E-state index is 6.10. The average molecular weight is 270 g/mol. The van der Waals surface area contributed by atoms with Gasteiger partial charge in [0.25, 0.3) is 0 Å². The van der Waals surface area contributed by atoms with Gasteiger partial charge in [0.15, 0.2) is 5.82 Å². The lowest BCUT2D eigenvalue weighted by Gasteiger charge is -2.18. The van der Waals surface area contributed by atoms with Crippen LogP contribution in [0.15, 0.2) is 24.3 Å². The highest BCUT2D eigenvalue weighted by atomic mass is 15.4. The topological polar surface area (TPSA) is 56.7 Å². The molecule has 4 heteroatoms. The molecule has 1 unspecified atom stereocenters. The van der Waals surface area contributed by atoms with Crippen molar-refractivity contribution in [3.63, 3.8) is 0 Å². The largest absolute Gasteiger partial charge is 0.321 e. The molecule has 0 bridgehead atoms. The molecule has 1 aliphatic rings. The summed E-state index contributed by atoms with van der Waals surface area (Å²) < 4.78 is 1.96. The van der Waals surface area contributed by atoms with Gasteiger partial charge >= 0.3 is 0 Å². The van der Waals surface area contributed by atoms with Gasteiger partial charge in [0.1, 0.15) is 5.82 Å². The third-order valence-corrected chi connectivity index (χ3v) is 3.93. The summed E-state index contributed by atoms with van der Waals surface area (Å²) >= 11 is 0. The Labute approximate surface area is 120 Å². The van der Waals surface area contributed by atoms with Gasteiger partial charge in [0.05, 0.1) is 6.04 Å². The Morgan fingerprint density at radius 2 is 1.90 bits per heavy atom. The fourth-order valence-corrected chi connectivity index (χ4v) is 2.62. The third-order valence-electron chi connectivity index (χ3n) is 3.93. The van der Waals surface area contributed by atoms with Crippen LogP contribution in [0.4, 0.5) is 0 Å². The molecule has 1 aromatic heterocycles. The van der Waals surface area contributed by atoms with E-state index in [-0.39, 0.29) is 11.5 Å². The number of benzene rings is 1. The van der Waals surface area contributed by atoms with E-state index in [4.69, 9.17) is 5.73 Å². The summed E-state index contributed by atoms with van der Waals surface area (Å²) in [6.07, 6.45) is 2.08. The molecular formula is C16H22N4. The molecule has 4 nitrogen and oxygen atoms in total. The molecule has 0 saturated heterocycles. The van der Waals surface area contributed by atoms with Crippen LogP contribution >= 0.6 is 0 Å². The van der Waals surface area contributed by atoms with E-state index in [0.717, 1.165) is 36.6 Å². The minimum Gasteiger partial charge on any atom is -0.321 e. The van der Waals surface area contributed by atoms with Crippen molar-refractivity contribution in [1.29, 1.82) is 0 Å². The number of aromatic nitrogens is 3. The van der Waals surface area contributed by atoms with Crippen molar-refractivity contribution in [3.8, 4) is 11.4 Å². The fourth-order valence-electron chi connectivity index (χ4n) is 2.62. The predicted molar refractivity (Wildman–Crippen MR) is 80.3 cm³/mol. The lowest BCUT2D eigenvalue weighted by Crippen LogP contribution is -2.22. The summed E-state index contributed by atoms with van der Waals surface area (Å²) in [5.74, 6) is 1.71. The van der Waals surface area contributed by atoms with Crippen LogP contribution < -0.4 is 5.73 Å². The Kier molecular flexibility index (Phi) is 3.13. The normalized spacial score (nSPS) is 18.9. The van der Waals surface area contributed by atoms with Gasteiger partial charge in [-0.05, 0) is 23.8 Å². The average Bonchev–Trinajstić information content (AvgIpc) is 2.83. The van der Waals surface area contributed by atoms with Crippen molar-refractivity contribution >= 4 is 0 Å². The molecule has 1 atom stereocenters. The van der Waals surface area contributed by atoms with Crippen LogP contribution in [-0.4, -0.2) is 14.8 Å². The molecule has 20 heavy (non-hydrogen) atoms. The van der Waals surface area contributed by atoms with Crippen molar-refractivity contribution in [2.75, 3.05) is 0 Å². The molecule has 106 valence electrons. The quantitative estimate of drug-likeness (QED) is 0.866. The molecule has 2 N–H and O–H groups in total. The van der Waals surface area contributed by atoms with Crippen LogP contribution in [0, 0.1) is 0 Å². The number of fused-ring (bicyclic) bond motifs is 1. The second kappa shape index (κ2) is 4.70. The molecular weight excluding hydrogens is 248 g/mol. The van der Waals surface area contributed by atoms with E-state index in [2.05, 4.69) is 55.1 Å². The van der Waals surface area contributed by atoms with Crippen LogP contribution in [0.5, 0.6) is 0 Å². The van der Waals surface area contributed by atoms with E-state index in [1.54, 1.807) is 0 Å². The van der Waals surface area contributed by atoms with E-state index in [1.807, 2.05) is 4.68 Å². The molecule has 0 spiro atoms. The Balaban J connectivity index is 1.94. The first-order valence-electron chi connectivity index (χ1n) is 7.26. The fraction of sp³-hybridized carbons (Fsp3) is 0.500. The second-order valence-corrected chi connectivity index (χ2v) is 6.59. The van der Waals surface area contributed by atoms with E-state index in [1.165, 1.54) is 5.56 Å². The van der Waals surface area contributed by atoms with Gasteiger partial charge in [-0.2, -0.15) is 5.10 Å². The van der Waals surface area contributed by atoms with E-state index >= 15 is 0 Å². The number of hydrogen-bond acceptors (Lipinski definition) is 3. The van der Waals surface area contributed by atoms with E-state index in [0.29, 0.717) is 0 Å². The summed E-state index contributed by atoms with van der Waals surface area (Å²) in [6.45, 7) is 7.58. The van der Waals surface area contributed by atoms with Crippen LogP contribution in [-0.2, 0) is 12.0 Å². The maximum absolute atomic E-state index is 6.10. The molecule has 0 saturated carbocycles. The summed E-state index contributed by atoms with van der Waals surface area (Å²) in [5.41, 5.74) is 8.65. The molecule has 2 heterocycles. The van der Waals surface area contributed by atoms with Crippen LogP contribution in [0.3, 0.4) is 0 Å². The zero-order chi connectivity index (χ0) is 14.3. The molecule has 0 fully saturated rings. The van der Waals surface area contributed by atoms with E-state index < -0.39 is 0 Å². The third kappa shape index (κ3) is 2.36. The minimum absolute atomic E-state index is 0.0267. The molecule has 0 aliphatic carbocycles. The predicted octanol–water partition coefficient (Wildman–Crippen LogP) is 3.04. The summed E-state index contributed by atoms with van der Waals surface area (Å²) in [4.78, 5) is 4.62. The zero-order valence-electron chi connectivity index (χ0n) is 12.4. The first kappa shape index (κ1) is 13.3. The summed E-state index contributed by atoms with van der Waals surface area (Å²) in [5, 5.41) is 4.59. The number of aryl methyl sites for hydroxylation is 1. The summed E-state index contributed by atoms with van der Waals surface area (Å²) in [6, 6.07) is 8.56. The SMILES string of the molecule is CC(C)(C)c1ccc(-c2nc3n(n2)CCCC3N)cc1. The monoisotopic (exact) mass is 270 g/mol.